The van der Waals surface area contributed by atoms with Crippen molar-refractivity contribution in [2.24, 2.45) is 0 Å². The van der Waals surface area contributed by atoms with Crippen LogP contribution in [0.4, 0.5) is 0 Å². The van der Waals surface area contributed by atoms with Crippen LogP contribution in [-0.2, 0) is 6.42 Å². The van der Waals surface area contributed by atoms with Crippen molar-refractivity contribution in [3.63, 3.8) is 0 Å². The Morgan fingerprint density at radius 2 is 2.15 bits per heavy atom. The van der Waals surface area contributed by atoms with Crippen molar-refractivity contribution >= 4 is 17.3 Å². The fraction of sp³-hybridized carbons (Fsp3) is 0.562. The summed E-state index contributed by atoms with van der Waals surface area (Å²) >= 11 is 5.41. The van der Waals surface area contributed by atoms with Gasteiger partial charge in [0.1, 0.15) is 0 Å². The van der Waals surface area contributed by atoms with Gasteiger partial charge >= 0.3 is 0 Å². The van der Waals surface area contributed by atoms with Gasteiger partial charge in [-0.15, -0.1) is 0 Å². The Balaban J connectivity index is 1.80. The van der Waals surface area contributed by atoms with E-state index in [1.165, 1.54) is 41.8 Å². The zero-order chi connectivity index (χ0) is 14.4. The van der Waals surface area contributed by atoms with Crippen LogP contribution >= 0.6 is 12.2 Å². The molecule has 0 spiro atoms. The third-order valence-electron chi connectivity index (χ3n) is 3.81. The lowest BCUT2D eigenvalue weighted by atomic mass is 9.88. The number of aryl methyl sites for hydroxylation is 1. The number of hydrogen-bond donors (Lipinski definition) is 3. The highest BCUT2D eigenvalue weighted by atomic mass is 32.1. The van der Waals surface area contributed by atoms with Gasteiger partial charge in [-0.3, -0.25) is 0 Å². The van der Waals surface area contributed by atoms with Crippen LogP contribution in [0, 0.1) is 0 Å². The van der Waals surface area contributed by atoms with Crippen molar-refractivity contribution in [2.75, 3.05) is 27.2 Å². The first kappa shape index (κ1) is 15.3. The van der Waals surface area contributed by atoms with Crippen molar-refractivity contribution in [3.05, 3.63) is 35.4 Å². The molecule has 110 valence electrons. The van der Waals surface area contributed by atoms with Crippen molar-refractivity contribution in [1.29, 1.82) is 0 Å². The monoisotopic (exact) mass is 292 g/mol. The molecule has 0 bridgehead atoms. The smallest absolute Gasteiger partial charge is 0.166 e. The Labute approximate surface area is 127 Å². The summed E-state index contributed by atoms with van der Waals surface area (Å²) in [5, 5.41) is 7.59. The van der Waals surface area contributed by atoms with Crippen molar-refractivity contribution < 1.29 is 4.90 Å². The van der Waals surface area contributed by atoms with Gasteiger partial charge in [-0.1, -0.05) is 24.3 Å². The quantitative estimate of drug-likeness (QED) is 0.560. The highest BCUT2D eigenvalue weighted by Gasteiger charge is 2.19. The van der Waals surface area contributed by atoms with E-state index in [1.54, 1.807) is 0 Å². The zero-order valence-corrected chi connectivity index (χ0v) is 13.4. The van der Waals surface area contributed by atoms with Gasteiger partial charge in [0.05, 0.1) is 26.7 Å². The van der Waals surface area contributed by atoms with Crippen molar-refractivity contribution in [1.82, 2.24) is 10.6 Å². The summed E-state index contributed by atoms with van der Waals surface area (Å²) in [6.07, 6.45) is 4.74. The van der Waals surface area contributed by atoms with Crippen LogP contribution in [0.3, 0.4) is 0 Å². The van der Waals surface area contributed by atoms with Crippen LogP contribution in [0.15, 0.2) is 24.3 Å². The summed E-state index contributed by atoms with van der Waals surface area (Å²) in [5.41, 5.74) is 2.89. The second-order valence-corrected chi connectivity index (χ2v) is 6.26. The SMILES string of the molecule is C[NH+](C)CCCNC(=S)N[C@@H]1CCCc2ccccc21. The number of nitrogens with one attached hydrogen (secondary N) is 3. The van der Waals surface area contributed by atoms with E-state index in [4.69, 9.17) is 12.2 Å². The normalized spacial score (nSPS) is 17.6. The van der Waals surface area contributed by atoms with Gasteiger partial charge in [-0.2, -0.15) is 0 Å². The van der Waals surface area contributed by atoms with Crippen LogP contribution < -0.4 is 15.5 Å². The molecule has 3 nitrogen and oxygen atoms in total. The van der Waals surface area contributed by atoms with E-state index in [0.29, 0.717) is 6.04 Å². The number of rotatable bonds is 5. The van der Waals surface area contributed by atoms with Crippen LogP contribution in [0.5, 0.6) is 0 Å². The predicted octanol–water partition coefficient (Wildman–Crippen LogP) is 1.06. The van der Waals surface area contributed by atoms with Gasteiger partial charge in [0.25, 0.3) is 0 Å². The second-order valence-electron chi connectivity index (χ2n) is 5.85. The average Bonchev–Trinajstić information content (AvgIpc) is 2.44. The first-order valence-electron chi connectivity index (χ1n) is 7.58. The van der Waals surface area contributed by atoms with Crippen molar-refractivity contribution in [3.8, 4) is 0 Å². The molecule has 0 aliphatic heterocycles. The van der Waals surface area contributed by atoms with Crippen LogP contribution in [0.1, 0.15) is 36.4 Å². The maximum Gasteiger partial charge on any atom is 0.166 e. The molecule has 0 radical (unpaired) electrons. The minimum atomic E-state index is 0.374. The van der Waals surface area contributed by atoms with Gasteiger partial charge in [0.15, 0.2) is 5.11 Å². The molecule has 0 fully saturated rings. The van der Waals surface area contributed by atoms with Gasteiger partial charge in [-0.05, 0) is 42.6 Å². The molecule has 3 N–H and O–H groups in total. The standard InChI is InChI=1S/C16H25N3S/c1-19(2)12-6-11-17-16(20)18-15-10-5-8-13-7-3-4-9-14(13)15/h3-4,7,9,15H,5-6,8,10-12H2,1-2H3,(H2,17,18,20)/p+1/t15-/m1/s1. The molecule has 1 aromatic rings. The van der Waals surface area contributed by atoms with Gasteiger partial charge < -0.3 is 15.5 Å². The second kappa shape index (κ2) is 7.60. The summed E-state index contributed by atoms with van der Waals surface area (Å²) in [4.78, 5) is 1.48. The molecule has 0 aromatic heterocycles. The largest absolute Gasteiger partial charge is 0.362 e. The van der Waals surface area contributed by atoms with Crippen molar-refractivity contribution in [2.45, 2.75) is 31.7 Å². The maximum absolute atomic E-state index is 5.41. The Bertz CT molecular complexity index is 445. The molecule has 2 rings (SSSR count). The molecule has 0 unspecified atom stereocenters. The number of thiocarbonyl (C=S) groups is 1. The third-order valence-corrected chi connectivity index (χ3v) is 4.08. The fourth-order valence-corrected chi connectivity index (χ4v) is 3.00. The van der Waals surface area contributed by atoms with E-state index >= 15 is 0 Å². The summed E-state index contributed by atoms with van der Waals surface area (Å²) in [5.74, 6) is 0. The fourth-order valence-electron chi connectivity index (χ4n) is 2.76. The molecule has 1 aliphatic rings. The van der Waals surface area contributed by atoms with E-state index in [9.17, 15) is 0 Å². The van der Waals surface area contributed by atoms with Gasteiger partial charge in [0, 0.05) is 13.0 Å². The van der Waals surface area contributed by atoms with Crippen LogP contribution in [-0.4, -0.2) is 32.3 Å². The number of quaternary nitrogens is 1. The summed E-state index contributed by atoms with van der Waals surface area (Å²) in [7, 11) is 4.35. The lowest BCUT2D eigenvalue weighted by molar-refractivity contribution is -0.858. The first-order chi connectivity index (χ1) is 9.66. The van der Waals surface area contributed by atoms with Crippen LogP contribution in [0.2, 0.25) is 0 Å². The Morgan fingerprint density at radius 3 is 2.95 bits per heavy atom. The molecular weight excluding hydrogens is 266 g/mol. The van der Waals surface area contributed by atoms with Gasteiger partial charge in [-0.25, -0.2) is 0 Å². The first-order valence-corrected chi connectivity index (χ1v) is 7.99. The number of hydrogen-bond acceptors (Lipinski definition) is 1. The predicted molar refractivity (Wildman–Crippen MR) is 88.2 cm³/mol. The summed E-state index contributed by atoms with van der Waals surface area (Å²) in [6, 6.07) is 9.08. The van der Waals surface area contributed by atoms with E-state index in [0.717, 1.165) is 18.1 Å². The Hall–Kier alpha value is -1.13. The molecule has 20 heavy (non-hydrogen) atoms. The molecule has 1 aromatic carbocycles. The lowest BCUT2D eigenvalue weighted by Crippen LogP contribution is -3.05. The maximum atomic E-state index is 5.41. The molecule has 4 heteroatoms. The zero-order valence-electron chi connectivity index (χ0n) is 12.5. The molecule has 1 aliphatic carbocycles. The molecule has 0 saturated carbocycles. The van der Waals surface area contributed by atoms with E-state index < -0.39 is 0 Å². The molecule has 0 amide bonds. The Kier molecular flexibility index (Phi) is 5.80. The number of benzene rings is 1. The highest BCUT2D eigenvalue weighted by Crippen LogP contribution is 2.29. The van der Waals surface area contributed by atoms with E-state index in [2.05, 4.69) is 49.0 Å². The molecular formula is C16H26N3S+. The minimum Gasteiger partial charge on any atom is -0.362 e. The summed E-state index contributed by atoms with van der Waals surface area (Å²) < 4.78 is 0. The third kappa shape index (κ3) is 4.46. The molecule has 0 heterocycles. The topological polar surface area (TPSA) is 28.5 Å². The Morgan fingerprint density at radius 1 is 1.35 bits per heavy atom. The van der Waals surface area contributed by atoms with Gasteiger partial charge in [0.2, 0.25) is 0 Å². The lowest BCUT2D eigenvalue weighted by Gasteiger charge is -2.27. The minimum absolute atomic E-state index is 0.374. The summed E-state index contributed by atoms with van der Waals surface area (Å²) in [6.45, 7) is 2.12. The highest BCUT2D eigenvalue weighted by molar-refractivity contribution is 7.80. The van der Waals surface area contributed by atoms with E-state index in [1.807, 2.05) is 0 Å². The number of fused-ring (bicyclic) bond motifs is 1. The van der Waals surface area contributed by atoms with E-state index in [-0.39, 0.29) is 0 Å². The molecule has 0 saturated heterocycles. The van der Waals surface area contributed by atoms with Crippen LogP contribution in [0.25, 0.3) is 0 Å². The molecule has 1 atom stereocenters. The average molecular weight is 292 g/mol.